The number of carbonyl (C=O) groups is 1. The third-order valence-electron chi connectivity index (χ3n) is 4.53. The van der Waals surface area contributed by atoms with Crippen LogP contribution in [0.2, 0.25) is 0 Å². The van der Waals surface area contributed by atoms with Crippen LogP contribution in [0.25, 0.3) is 5.78 Å². The van der Waals surface area contributed by atoms with Gasteiger partial charge in [0, 0.05) is 23.0 Å². The lowest BCUT2D eigenvalue weighted by Crippen LogP contribution is -2.23. The number of H-pyrrole nitrogens is 1. The van der Waals surface area contributed by atoms with E-state index in [4.69, 9.17) is 4.74 Å². The van der Waals surface area contributed by atoms with Crippen molar-refractivity contribution in [2.24, 2.45) is 0 Å². The number of aryl methyl sites for hydroxylation is 1. The van der Waals surface area contributed by atoms with E-state index >= 15 is 0 Å². The van der Waals surface area contributed by atoms with Gasteiger partial charge in [-0.25, -0.2) is 0 Å². The maximum absolute atomic E-state index is 12.3. The van der Waals surface area contributed by atoms with Crippen LogP contribution in [0.3, 0.4) is 0 Å². The molecule has 140 valence electrons. The standard InChI is InChI=1S/C18H19N5O3S/c1-26-12-6-4-5-11(9-12)19-15(24)10-27-18-22-21-17-20-16(25)13-7-2-3-8-14(13)23(17)18/h4-6,9H,2-3,7-8,10H2,1H3,(H,19,24)(H,20,21,25). The first kappa shape index (κ1) is 17.6. The van der Waals surface area contributed by atoms with Gasteiger partial charge in [-0.05, 0) is 37.8 Å². The van der Waals surface area contributed by atoms with E-state index in [0.29, 0.717) is 22.4 Å². The van der Waals surface area contributed by atoms with Crippen molar-refractivity contribution in [3.8, 4) is 5.75 Å². The summed E-state index contributed by atoms with van der Waals surface area (Å²) in [4.78, 5) is 27.3. The normalized spacial score (nSPS) is 13.4. The summed E-state index contributed by atoms with van der Waals surface area (Å²) < 4.78 is 7.03. The number of nitrogens with one attached hydrogen (secondary N) is 2. The summed E-state index contributed by atoms with van der Waals surface area (Å²) in [6, 6.07) is 7.20. The molecule has 27 heavy (non-hydrogen) atoms. The number of amides is 1. The van der Waals surface area contributed by atoms with Crippen LogP contribution in [-0.4, -0.2) is 38.4 Å². The molecule has 0 atom stereocenters. The van der Waals surface area contributed by atoms with Gasteiger partial charge in [0.2, 0.25) is 11.7 Å². The van der Waals surface area contributed by atoms with Crippen molar-refractivity contribution in [1.29, 1.82) is 0 Å². The fourth-order valence-electron chi connectivity index (χ4n) is 3.27. The molecule has 2 aromatic heterocycles. The van der Waals surface area contributed by atoms with Gasteiger partial charge in [0.05, 0.1) is 12.9 Å². The van der Waals surface area contributed by atoms with Gasteiger partial charge in [-0.2, -0.15) is 0 Å². The number of methoxy groups -OCH3 is 1. The SMILES string of the molecule is COc1cccc(NC(=O)CSc2nnc3[nH]c(=O)c4c(n23)CCCC4)c1. The van der Waals surface area contributed by atoms with Gasteiger partial charge < -0.3 is 10.1 Å². The van der Waals surface area contributed by atoms with Crippen molar-refractivity contribution >= 4 is 29.1 Å². The first-order valence-corrected chi connectivity index (χ1v) is 9.70. The number of thioether (sulfide) groups is 1. The quantitative estimate of drug-likeness (QED) is 0.652. The Morgan fingerprint density at radius 1 is 1.33 bits per heavy atom. The fourth-order valence-corrected chi connectivity index (χ4v) is 4.03. The van der Waals surface area contributed by atoms with Gasteiger partial charge in [0.1, 0.15) is 5.75 Å². The number of hydrogen-bond donors (Lipinski definition) is 2. The number of carbonyl (C=O) groups excluding carboxylic acids is 1. The molecule has 8 nitrogen and oxygen atoms in total. The molecule has 1 aliphatic carbocycles. The molecule has 1 amide bonds. The molecule has 4 rings (SSSR count). The van der Waals surface area contributed by atoms with Crippen LogP contribution in [-0.2, 0) is 17.6 Å². The first-order valence-electron chi connectivity index (χ1n) is 8.71. The van der Waals surface area contributed by atoms with Crippen molar-refractivity contribution in [3.05, 3.63) is 45.9 Å². The molecular formula is C18H19N5O3S. The van der Waals surface area contributed by atoms with E-state index < -0.39 is 0 Å². The highest BCUT2D eigenvalue weighted by Crippen LogP contribution is 2.24. The molecule has 0 bridgehead atoms. The second-order valence-electron chi connectivity index (χ2n) is 6.30. The molecule has 1 aromatic carbocycles. The number of aromatic amines is 1. The lowest BCUT2D eigenvalue weighted by Gasteiger charge is -2.16. The zero-order chi connectivity index (χ0) is 18.8. The number of aromatic nitrogens is 4. The molecule has 1 aliphatic rings. The maximum atomic E-state index is 12.3. The minimum absolute atomic E-state index is 0.0862. The van der Waals surface area contributed by atoms with Crippen molar-refractivity contribution in [3.63, 3.8) is 0 Å². The minimum atomic E-state index is -0.150. The number of hydrogen-bond acceptors (Lipinski definition) is 6. The molecule has 2 N–H and O–H groups in total. The lowest BCUT2D eigenvalue weighted by molar-refractivity contribution is -0.113. The first-order chi connectivity index (χ1) is 13.2. The monoisotopic (exact) mass is 385 g/mol. The summed E-state index contributed by atoms with van der Waals surface area (Å²) in [6.07, 6.45) is 3.62. The van der Waals surface area contributed by atoms with Crippen LogP contribution in [0.1, 0.15) is 24.1 Å². The van der Waals surface area contributed by atoms with Crippen molar-refractivity contribution in [2.75, 3.05) is 18.2 Å². The molecule has 0 fully saturated rings. The third-order valence-corrected chi connectivity index (χ3v) is 5.46. The average Bonchev–Trinajstić information content (AvgIpc) is 3.09. The summed E-state index contributed by atoms with van der Waals surface area (Å²) >= 11 is 1.30. The van der Waals surface area contributed by atoms with Gasteiger partial charge in [0.25, 0.3) is 5.56 Å². The molecule has 3 aromatic rings. The Kier molecular flexibility index (Phi) is 4.85. The molecule has 0 saturated heterocycles. The molecule has 0 spiro atoms. The van der Waals surface area contributed by atoms with Crippen LogP contribution in [0.15, 0.2) is 34.2 Å². The molecule has 0 radical (unpaired) electrons. The number of nitrogens with zero attached hydrogens (tertiary/aromatic N) is 3. The fraction of sp³-hybridized carbons (Fsp3) is 0.333. The van der Waals surface area contributed by atoms with E-state index in [2.05, 4.69) is 20.5 Å². The Labute approximate surface area is 159 Å². The van der Waals surface area contributed by atoms with Crippen molar-refractivity contribution < 1.29 is 9.53 Å². The molecular weight excluding hydrogens is 366 g/mol. The Morgan fingerprint density at radius 2 is 2.19 bits per heavy atom. The molecule has 0 aliphatic heterocycles. The van der Waals surface area contributed by atoms with Crippen molar-refractivity contribution in [1.82, 2.24) is 19.6 Å². The maximum Gasteiger partial charge on any atom is 0.255 e. The molecule has 0 saturated carbocycles. The summed E-state index contributed by atoms with van der Waals surface area (Å²) in [5.74, 6) is 1.14. The van der Waals surface area contributed by atoms with E-state index in [9.17, 15) is 9.59 Å². The number of rotatable bonds is 5. The highest BCUT2D eigenvalue weighted by atomic mass is 32.2. The van der Waals surface area contributed by atoms with Gasteiger partial charge in [-0.1, -0.05) is 17.8 Å². The number of ether oxygens (including phenoxy) is 1. The van der Waals surface area contributed by atoms with E-state index in [1.54, 1.807) is 19.2 Å². The van der Waals surface area contributed by atoms with E-state index in [0.717, 1.165) is 36.9 Å². The molecule has 0 unspecified atom stereocenters. The number of fused-ring (bicyclic) bond motifs is 3. The lowest BCUT2D eigenvalue weighted by atomic mass is 9.97. The predicted octanol–water partition coefficient (Wildman–Crippen LogP) is 2.04. The summed E-state index contributed by atoms with van der Waals surface area (Å²) in [5.41, 5.74) is 2.35. The number of benzene rings is 1. The zero-order valence-corrected chi connectivity index (χ0v) is 15.6. The van der Waals surface area contributed by atoms with Crippen molar-refractivity contribution in [2.45, 2.75) is 30.8 Å². The van der Waals surface area contributed by atoms with Gasteiger partial charge in [-0.15, -0.1) is 10.2 Å². The molecule has 9 heteroatoms. The second-order valence-corrected chi connectivity index (χ2v) is 7.24. The van der Waals surface area contributed by atoms with Crippen LogP contribution in [0.4, 0.5) is 5.69 Å². The zero-order valence-electron chi connectivity index (χ0n) is 14.8. The third kappa shape index (κ3) is 3.55. The highest BCUT2D eigenvalue weighted by molar-refractivity contribution is 7.99. The van der Waals surface area contributed by atoms with Gasteiger partial charge in [0.15, 0.2) is 5.16 Å². The van der Waals surface area contributed by atoms with E-state index in [1.165, 1.54) is 11.8 Å². The van der Waals surface area contributed by atoms with Crippen LogP contribution >= 0.6 is 11.8 Å². The topological polar surface area (TPSA) is 101 Å². The summed E-state index contributed by atoms with van der Waals surface area (Å²) in [5, 5.41) is 11.7. The smallest absolute Gasteiger partial charge is 0.255 e. The van der Waals surface area contributed by atoms with Crippen LogP contribution < -0.4 is 15.6 Å². The Balaban J connectivity index is 1.52. The number of anilines is 1. The second kappa shape index (κ2) is 7.43. The summed E-state index contributed by atoms with van der Waals surface area (Å²) in [6.45, 7) is 0. The Bertz CT molecular complexity index is 1060. The van der Waals surface area contributed by atoms with E-state index in [-0.39, 0.29) is 17.2 Å². The van der Waals surface area contributed by atoms with Crippen LogP contribution in [0, 0.1) is 0 Å². The highest BCUT2D eigenvalue weighted by Gasteiger charge is 2.20. The average molecular weight is 385 g/mol. The minimum Gasteiger partial charge on any atom is -0.497 e. The van der Waals surface area contributed by atoms with Gasteiger partial charge >= 0.3 is 0 Å². The van der Waals surface area contributed by atoms with Gasteiger partial charge in [-0.3, -0.25) is 19.0 Å². The Morgan fingerprint density at radius 3 is 3.04 bits per heavy atom. The molecule has 2 heterocycles. The predicted molar refractivity (Wildman–Crippen MR) is 103 cm³/mol. The largest absolute Gasteiger partial charge is 0.497 e. The summed E-state index contributed by atoms with van der Waals surface area (Å²) in [7, 11) is 1.58. The Hall–Kier alpha value is -2.81. The van der Waals surface area contributed by atoms with Crippen LogP contribution in [0.5, 0.6) is 5.75 Å². The van der Waals surface area contributed by atoms with E-state index in [1.807, 2.05) is 16.5 Å².